The lowest BCUT2D eigenvalue weighted by Crippen LogP contribution is -2.03. The van der Waals surface area contributed by atoms with Gasteiger partial charge in [-0.25, -0.2) is 0 Å². The molecular weight excluding hydrogens is 225 g/mol. The minimum Gasteiger partial charge on any atom is -0.187 e. The van der Waals surface area contributed by atoms with Crippen LogP contribution in [0, 0.1) is 0 Å². The third-order valence-corrected chi connectivity index (χ3v) is 1.93. The Balaban J connectivity index is 3.93. The number of allylic oxidation sites excluding steroid dienone is 2. The van der Waals surface area contributed by atoms with Gasteiger partial charge in [0.15, 0.2) is 0 Å². The predicted molar refractivity (Wildman–Crippen MR) is 42.7 cm³/mol. The Morgan fingerprint density at radius 3 is 2.50 bits per heavy atom. The lowest BCUT2D eigenvalue weighted by Gasteiger charge is -2.04. The third-order valence-electron chi connectivity index (χ3n) is 0.883. The molecule has 60 valence electrons. The summed E-state index contributed by atoms with van der Waals surface area (Å²) in [6, 6.07) is 0. The quantitative estimate of drug-likeness (QED) is 0.649. The molecule has 0 atom stereocenters. The van der Waals surface area contributed by atoms with Crippen LogP contribution in [0.5, 0.6) is 0 Å². The first kappa shape index (κ1) is 10.4. The molecule has 0 heterocycles. The molecule has 0 unspecified atom stereocenters. The van der Waals surface area contributed by atoms with Crippen LogP contribution >= 0.6 is 27.5 Å². The zero-order valence-electron chi connectivity index (χ0n) is 5.50. The molecule has 0 saturated heterocycles. The van der Waals surface area contributed by atoms with Crippen molar-refractivity contribution in [1.82, 2.24) is 0 Å². The monoisotopic (exact) mass is 232 g/mol. The molecule has 0 aliphatic carbocycles. The van der Waals surface area contributed by atoms with Crippen LogP contribution in [0.2, 0.25) is 0 Å². The van der Waals surface area contributed by atoms with E-state index >= 15 is 0 Å². The molecule has 0 saturated carbocycles. The Hall–Kier alpha value is 0.370. The third kappa shape index (κ3) is 4.23. The molecular formula is C6H8BrClF2. The highest BCUT2D eigenvalue weighted by Crippen LogP contribution is 2.33. The summed E-state index contributed by atoms with van der Waals surface area (Å²) in [6.07, 6.45) is 2.72. The van der Waals surface area contributed by atoms with E-state index in [1.165, 1.54) is 6.08 Å². The van der Waals surface area contributed by atoms with Crippen molar-refractivity contribution >= 4 is 27.5 Å². The predicted octanol–water partition coefficient (Wildman–Crippen LogP) is 3.90. The van der Waals surface area contributed by atoms with Crippen LogP contribution in [0.1, 0.15) is 19.8 Å². The van der Waals surface area contributed by atoms with Gasteiger partial charge in [-0.3, -0.25) is 0 Å². The van der Waals surface area contributed by atoms with Crippen molar-refractivity contribution in [2.75, 3.05) is 0 Å². The smallest absolute Gasteiger partial charge is 0.187 e. The first-order valence-corrected chi connectivity index (χ1v) is 4.08. The Morgan fingerprint density at radius 1 is 1.70 bits per heavy atom. The fourth-order valence-corrected chi connectivity index (χ4v) is 0.658. The van der Waals surface area contributed by atoms with Crippen molar-refractivity contribution in [1.29, 1.82) is 0 Å². The second-order valence-corrected chi connectivity index (χ2v) is 3.24. The van der Waals surface area contributed by atoms with Crippen molar-refractivity contribution in [3.63, 3.8) is 0 Å². The standard InChI is InChI=1S/C6H8BrClF2/c1-2-3-4-5(8)6(7,9)10/h4H,2-3H2,1H3. The summed E-state index contributed by atoms with van der Waals surface area (Å²) >= 11 is 7.34. The molecule has 0 aromatic rings. The molecule has 0 nitrogen and oxygen atoms in total. The summed E-state index contributed by atoms with van der Waals surface area (Å²) < 4.78 is 24.3. The zero-order valence-corrected chi connectivity index (χ0v) is 7.85. The van der Waals surface area contributed by atoms with Gasteiger partial charge in [-0.15, -0.1) is 0 Å². The van der Waals surface area contributed by atoms with E-state index in [9.17, 15) is 8.78 Å². The highest BCUT2D eigenvalue weighted by Gasteiger charge is 2.27. The molecule has 0 rings (SSSR count). The summed E-state index contributed by atoms with van der Waals surface area (Å²) in [5.74, 6) is 0. The van der Waals surface area contributed by atoms with Crippen molar-refractivity contribution < 1.29 is 8.78 Å². The van der Waals surface area contributed by atoms with Crippen LogP contribution in [0.4, 0.5) is 8.78 Å². The fraction of sp³-hybridized carbons (Fsp3) is 0.667. The topological polar surface area (TPSA) is 0 Å². The first-order chi connectivity index (χ1) is 4.48. The van der Waals surface area contributed by atoms with E-state index in [0.717, 1.165) is 6.42 Å². The van der Waals surface area contributed by atoms with Crippen LogP contribution in [0.3, 0.4) is 0 Å². The van der Waals surface area contributed by atoms with E-state index in [-0.39, 0.29) is 0 Å². The zero-order chi connectivity index (χ0) is 8.20. The molecule has 4 heteroatoms. The average molecular weight is 233 g/mol. The van der Waals surface area contributed by atoms with Gasteiger partial charge >= 0.3 is 4.83 Å². The van der Waals surface area contributed by atoms with Crippen molar-refractivity contribution in [2.24, 2.45) is 0 Å². The van der Waals surface area contributed by atoms with E-state index in [2.05, 4.69) is 15.9 Å². The SMILES string of the molecule is CCCC=C(Cl)C(F)(F)Br. The number of hydrogen-bond acceptors (Lipinski definition) is 0. The molecule has 0 aromatic carbocycles. The summed E-state index contributed by atoms with van der Waals surface area (Å²) in [4.78, 5) is -3.05. The molecule has 0 N–H and O–H groups in total. The minimum absolute atomic E-state index is 0.436. The largest absolute Gasteiger partial charge is 0.336 e. The molecule has 0 fully saturated rings. The molecule has 0 spiro atoms. The Kier molecular flexibility index (Phi) is 4.45. The van der Waals surface area contributed by atoms with Crippen molar-refractivity contribution in [2.45, 2.75) is 24.6 Å². The van der Waals surface area contributed by atoms with E-state index in [4.69, 9.17) is 11.6 Å². The minimum atomic E-state index is -3.05. The molecule has 0 radical (unpaired) electrons. The lowest BCUT2D eigenvalue weighted by molar-refractivity contribution is 0.165. The van der Waals surface area contributed by atoms with Crippen LogP contribution < -0.4 is 0 Å². The normalized spacial score (nSPS) is 13.9. The van der Waals surface area contributed by atoms with Gasteiger partial charge in [-0.2, -0.15) is 8.78 Å². The Labute approximate surface area is 72.4 Å². The number of alkyl halides is 3. The molecule has 0 aliphatic rings. The van der Waals surface area contributed by atoms with Gasteiger partial charge in [-0.05, 0) is 22.4 Å². The molecule has 10 heavy (non-hydrogen) atoms. The van der Waals surface area contributed by atoms with Gasteiger partial charge in [0.2, 0.25) is 0 Å². The molecule has 0 aromatic heterocycles. The van der Waals surface area contributed by atoms with E-state index in [0.29, 0.717) is 6.42 Å². The Bertz CT molecular complexity index is 128. The second-order valence-electron chi connectivity index (χ2n) is 1.84. The van der Waals surface area contributed by atoms with Crippen LogP contribution in [0.25, 0.3) is 0 Å². The maximum atomic E-state index is 12.2. The van der Waals surface area contributed by atoms with E-state index in [1.807, 2.05) is 6.92 Å². The number of rotatable bonds is 3. The van der Waals surface area contributed by atoms with Gasteiger partial charge in [-0.1, -0.05) is 31.0 Å². The highest BCUT2D eigenvalue weighted by molar-refractivity contribution is 9.10. The molecule has 0 amide bonds. The second kappa shape index (κ2) is 4.29. The summed E-state index contributed by atoms with van der Waals surface area (Å²) in [5.41, 5.74) is 0. The van der Waals surface area contributed by atoms with E-state index < -0.39 is 9.86 Å². The van der Waals surface area contributed by atoms with E-state index in [1.54, 1.807) is 0 Å². The summed E-state index contributed by atoms with van der Waals surface area (Å²) in [5, 5.41) is -0.436. The van der Waals surface area contributed by atoms with Crippen LogP contribution in [-0.2, 0) is 0 Å². The van der Waals surface area contributed by atoms with Gasteiger partial charge < -0.3 is 0 Å². The fourth-order valence-electron chi connectivity index (χ4n) is 0.387. The Morgan fingerprint density at radius 2 is 2.20 bits per heavy atom. The number of halogens is 4. The van der Waals surface area contributed by atoms with Crippen molar-refractivity contribution in [3.8, 4) is 0 Å². The number of unbranched alkanes of at least 4 members (excludes halogenated alkanes) is 1. The van der Waals surface area contributed by atoms with Crippen molar-refractivity contribution in [3.05, 3.63) is 11.1 Å². The maximum Gasteiger partial charge on any atom is 0.336 e. The summed E-state index contributed by atoms with van der Waals surface area (Å²) in [7, 11) is 0. The number of hydrogen-bond donors (Lipinski definition) is 0. The van der Waals surface area contributed by atoms with Gasteiger partial charge in [0.05, 0.1) is 5.03 Å². The first-order valence-electron chi connectivity index (χ1n) is 2.91. The molecule has 0 bridgehead atoms. The maximum absolute atomic E-state index is 12.2. The average Bonchev–Trinajstić information content (AvgIpc) is 1.80. The molecule has 0 aliphatic heterocycles. The highest BCUT2D eigenvalue weighted by atomic mass is 79.9. The van der Waals surface area contributed by atoms with Gasteiger partial charge in [0, 0.05) is 0 Å². The van der Waals surface area contributed by atoms with Gasteiger partial charge in [0.25, 0.3) is 0 Å². The van der Waals surface area contributed by atoms with Gasteiger partial charge in [0.1, 0.15) is 0 Å². The van der Waals surface area contributed by atoms with Crippen LogP contribution in [0.15, 0.2) is 11.1 Å². The summed E-state index contributed by atoms with van der Waals surface area (Å²) in [6.45, 7) is 1.90. The van der Waals surface area contributed by atoms with Crippen LogP contribution in [-0.4, -0.2) is 4.83 Å². The lowest BCUT2D eigenvalue weighted by atomic mass is 10.3.